The largest absolute Gasteiger partial charge is 0.623 e. The molecule has 1 fully saturated rings. The Balaban J connectivity index is 2.42. The monoisotopic (exact) mass is 346 g/mol. The molecule has 0 bridgehead atoms. The number of hydrogen-bond acceptors (Lipinski definition) is 5. The summed E-state index contributed by atoms with van der Waals surface area (Å²) in [6.45, 7) is 12.1. The molecule has 2 aliphatic rings. The van der Waals surface area contributed by atoms with Crippen LogP contribution in [0.15, 0.2) is 0 Å². The zero-order valence-electron chi connectivity index (χ0n) is 15.0. The smallest absolute Gasteiger partial charge is 0.344 e. The zero-order valence-corrected chi connectivity index (χ0v) is 15.9. The van der Waals surface area contributed by atoms with Crippen LogP contribution in [0.4, 0.5) is 0 Å². The van der Waals surface area contributed by atoms with Crippen LogP contribution in [0.25, 0.3) is 0 Å². The van der Waals surface area contributed by atoms with Gasteiger partial charge >= 0.3 is 7.60 Å². The Morgan fingerprint density at radius 3 is 2.22 bits per heavy atom. The molecule has 0 unspecified atom stereocenters. The summed E-state index contributed by atoms with van der Waals surface area (Å²) in [7, 11) is -3.35. The van der Waals surface area contributed by atoms with Gasteiger partial charge in [0.25, 0.3) is 0 Å². The minimum atomic E-state index is -3.35. The summed E-state index contributed by atoms with van der Waals surface area (Å²) < 4.78 is 25.7. The maximum atomic E-state index is 13.4. The van der Waals surface area contributed by atoms with Crippen LogP contribution >= 0.6 is 7.60 Å². The lowest BCUT2D eigenvalue weighted by molar-refractivity contribution is -0.530. The normalized spacial score (nSPS) is 29.9. The minimum absolute atomic E-state index is 0.0467. The SMILES string of the molecule is CCOP(=O)(OCC)[C@H]1C(C)=[N+]([O-])[C@H](N2CCCC2)[C@H]1C(C)C. The van der Waals surface area contributed by atoms with Crippen molar-refractivity contribution in [1.82, 2.24) is 4.90 Å². The number of hydrogen-bond donors (Lipinski definition) is 0. The highest BCUT2D eigenvalue weighted by Gasteiger charge is 2.58. The molecule has 2 aliphatic heterocycles. The first kappa shape index (κ1) is 18.9. The van der Waals surface area contributed by atoms with Gasteiger partial charge in [0, 0.05) is 20.0 Å². The van der Waals surface area contributed by atoms with Gasteiger partial charge in [0.05, 0.1) is 19.1 Å². The van der Waals surface area contributed by atoms with E-state index in [0.29, 0.717) is 18.9 Å². The van der Waals surface area contributed by atoms with Gasteiger partial charge in [-0.3, -0.25) is 4.57 Å². The first-order valence-electron chi connectivity index (χ1n) is 8.80. The summed E-state index contributed by atoms with van der Waals surface area (Å²) in [6.07, 6.45) is 1.98. The Hall–Kier alpha value is -0.420. The number of nitrogens with zero attached hydrogens (tertiary/aromatic N) is 2. The Morgan fingerprint density at radius 1 is 1.26 bits per heavy atom. The van der Waals surface area contributed by atoms with Crippen molar-refractivity contribution >= 4 is 13.3 Å². The zero-order chi connectivity index (χ0) is 17.2. The van der Waals surface area contributed by atoms with Gasteiger partial charge in [-0.2, -0.15) is 4.74 Å². The van der Waals surface area contributed by atoms with E-state index in [9.17, 15) is 9.77 Å². The van der Waals surface area contributed by atoms with Gasteiger partial charge in [-0.25, -0.2) is 4.90 Å². The van der Waals surface area contributed by atoms with Crippen LogP contribution in [0.2, 0.25) is 0 Å². The quantitative estimate of drug-likeness (QED) is 0.402. The second kappa shape index (κ2) is 7.64. The summed E-state index contributed by atoms with van der Waals surface area (Å²) >= 11 is 0. The highest BCUT2D eigenvalue weighted by molar-refractivity contribution is 7.55. The number of rotatable bonds is 7. The summed E-state index contributed by atoms with van der Waals surface area (Å²) in [5, 5.41) is 12.9. The van der Waals surface area contributed by atoms with Crippen molar-refractivity contribution in [3.05, 3.63) is 5.21 Å². The van der Waals surface area contributed by atoms with E-state index in [1.54, 1.807) is 6.92 Å². The molecule has 3 atom stereocenters. The van der Waals surface area contributed by atoms with Crippen molar-refractivity contribution in [2.45, 2.75) is 59.3 Å². The summed E-state index contributed by atoms with van der Waals surface area (Å²) in [5.41, 5.74) is 0.135. The highest BCUT2D eigenvalue weighted by atomic mass is 31.2. The average Bonchev–Trinajstić information content (AvgIpc) is 3.07. The Morgan fingerprint density at radius 2 is 1.78 bits per heavy atom. The number of likely N-dealkylation sites (tertiary alicyclic amines) is 1. The summed E-state index contributed by atoms with van der Waals surface area (Å²) in [5.74, 6) is 0.170. The fourth-order valence-electron chi connectivity index (χ4n) is 4.04. The van der Waals surface area contributed by atoms with Gasteiger partial charge in [-0.1, -0.05) is 13.8 Å². The second-order valence-electron chi connectivity index (χ2n) is 6.77. The van der Waals surface area contributed by atoms with E-state index in [1.807, 2.05) is 13.8 Å². The van der Waals surface area contributed by atoms with Crippen molar-refractivity contribution < 1.29 is 18.4 Å². The Labute approximate surface area is 140 Å². The lowest BCUT2D eigenvalue weighted by Gasteiger charge is -2.33. The Kier molecular flexibility index (Phi) is 6.28. The molecule has 0 aliphatic carbocycles. The van der Waals surface area contributed by atoms with E-state index in [4.69, 9.17) is 9.05 Å². The lowest BCUT2D eigenvalue weighted by Crippen LogP contribution is -2.45. The minimum Gasteiger partial charge on any atom is -0.623 e. The average molecular weight is 346 g/mol. The van der Waals surface area contributed by atoms with Crippen molar-refractivity contribution in [1.29, 1.82) is 0 Å². The van der Waals surface area contributed by atoms with Gasteiger partial charge in [0.15, 0.2) is 11.4 Å². The van der Waals surface area contributed by atoms with Gasteiger partial charge in [-0.05, 0) is 32.6 Å². The first-order chi connectivity index (χ1) is 10.9. The van der Waals surface area contributed by atoms with Crippen LogP contribution in [-0.2, 0) is 13.6 Å². The molecule has 0 N–H and O–H groups in total. The van der Waals surface area contributed by atoms with Crippen LogP contribution in [0, 0.1) is 17.0 Å². The molecular weight excluding hydrogens is 315 g/mol. The maximum Gasteiger partial charge on any atom is 0.344 e. The van der Waals surface area contributed by atoms with Crippen molar-refractivity contribution in [3.8, 4) is 0 Å². The molecule has 0 amide bonds. The summed E-state index contributed by atoms with van der Waals surface area (Å²) in [4.78, 5) is 2.24. The fourth-order valence-corrected chi connectivity index (χ4v) is 6.65. The third-order valence-electron chi connectivity index (χ3n) is 4.97. The molecule has 0 saturated carbocycles. The molecule has 7 heteroatoms. The molecule has 6 nitrogen and oxygen atoms in total. The van der Waals surface area contributed by atoms with E-state index in [-0.39, 0.29) is 18.0 Å². The van der Waals surface area contributed by atoms with Crippen LogP contribution in [-0.4, -0.2) is 53.5 Å². The molecule has 0 radical (unpaired) electrons. The summed E-state index contributed by atoms with van der Waals surface area (Å²) in [6, 6.07) is 0. The van der Waals surface area contributed by atoms with Gasteiger partial charge < -0.3 is 14.3 Å². The molecule has 2 rings (SSSR count). The van der Waals surface area contributed by atoms with Crippen molar-refractivity contribution in [2.24, 2.45) is 11.8 Å². The second-order valence-corrected chi connectivity index (χ2v) is 8.92. The molecule has 2 heterocycles. The van der Waals surface area contributed by atoms with E-state index in [0.717, 1.165) is 30.7 Å². The van der Waals surface area contributed by atoms with Gasteiger partial charge in [-0.15, -0.1) is 0 Å². The van der Waals surface area contributed by atoms with Gasteiger partial charge in [0.1, 0.15) is 0 Å². The third kappa shape index (κ3) is 3.51. The van der Waals surface area contributed by atoms with Crippen molar-refractivity contribution in [2.75, 3.05) is 26.3 Å². The molecular formula is C16H31N2O4P. The predicted octanol–water partition coefficient (Wildman–Crippen LogP) is 3.30. The third-order valence-corrected chi connectivity index (χ3v) is 7.60. The first-order valence-corrected chi connectivity index (χ1v) is 10.4. The van der Waals surface area contributed by atoms with Crippen LogP contribution in [0.5, 0.6) is 0 Å². The molecule has 0 aromatic heterocycles. The fraction of sp³-hybridized carbons (Fsp3) is 0.938. The van der Waals surface area contributed by atoms with Gasteiger partial charge in [0.2, 0.25) is 6.17 Å². The van der Waals surface area contributed by atoms with Crippen LogP contribution in [0.1, 0.15) is 47.5 Å². The van der Waals surface area contributed by atoms with Crippen LogP contribution in [0.3, 0.4) is 0 Å². The van der Waals surface area contributed by atoms with E-state index in [1.165, 1.54) is 0 Å². The molecule has 0 spiro atoms. The van der Waals surface area contributed by atoms with Crippen molar-refractivity contribution in [3.63, 3.8) is 0 Å². The number of hydroxylamine groups is 1. The topological polar surface area (TPSA) is 64.8 Å². The van der Waals surface area contributed by atoms with E-state index < -0.39 is 13.3 Å². The molecule has 134 valence electrons. The highest BCUT2D eigenvalue weighted by Crippen LogP contribution is 2.59. The molecule has 23 heavy (non-hydrogen) atoms. The maximum absolute atomic E-state index is 13.4. The molecule has 1 saturated heterocycles. The standard InChI is InChI=1S/C16H31N2O4P/c1-6-21-23(20,22-7-2)15-13(5)18(19)16(14(15)12(3)4)17-10-8-9-11-17/h12,14-16H,6-11H2,1-5H3/t14-,15-,16-/m0/s1. The molecule has 0 aromatic rings. The Bertz CT molecular complexity index is 478. The van der Waals surface area contributed by atoms with Crippen LogP contribution < -0.4 is 0 Å². The van der Waals surface area contributed by atoms with E-state index in [2.05, 4.69) is 18.7 Å². The van der Waals surface area contributed by atoms with E-state index >= 15 is 0 Å². The molecule has 0 aromatic carbocycles. The predicted molar refractivity (Wildman–Crippen MR) is 91.9 cm³/mol. The lowest BCUT2D eigenvalue weighted by atomic mass is 9.89.